The maximum Gasteiger partial charge on any atom is 0.329 e. The molecule has 1 saturated carbocycles. The summed E-state index contributed by atoms with van der Waals surface area (Å²) < 4.78 is 7.14. The quantitative estimate of drug-likeness (QED) is 0.352. The first kappa shape index (κ1) is 25.9. The Morgan fingerprint density at radius 3 is 2.49 bits per heavy atom. The molecule has 2 radical (unpaired) electrons. The summed E-state index contributed by atoms with van der Waals surface area (Å²) in [6.45, 7) is 2.93. The number of benzene rings is 1. The molecule has 1 heterocycles. The number of nitrogens with zero attached hydrogens (tertiary/aromatic N) is 2. The zero-order valence-electron chi connectivity index (χ0n) is 19.6. The minimum atomic E-state index is -1.39. The molecule has 1 aliphatic rings. The van der Waals surface area contributed by atoms with E-state index in [2.05, 4.69) is 20.9 Å². The van der Waals surface area contributed by atoms with E-state index in [1.165, 1.54) is 30.9 Å². The molecule has 0 spiro atoms. The summed E-state index contributed by atoms with van der Waals surface area (Å²) in [6, 6.07) is 8.15. The van der Waals surface area contributed by atoms with Crippen molar-refractivity contribution in [1.29, 1.82) is 0 Å². The molecular weight excluding hydrogens is 453 g/mol. The second-order valence-electron chi connectivity index (χ2n) is 8.99. The molecule has 1 aliphatic carbocycles. The molecule has 11 nitrogen and oxygen atoms in total. The molecule has 1 aromatic carbocycles. The number of amides is 3. The number of imidazole rings is 1. The first-order valence-corrected chi connectivity index (χ1v) is 11.1. The molecule has 1 fully saturated rings. The maximum absolute atomic E-state index is 13.0. The Morgan fingerprint density at radius 2 is 1.91 bits per heavy atom. The van der Waals surface area contributed by atoms with Crippen LogP contribution in [0.1, 0.15) is 38.7 Å². The molecule has 1 atom stereocenters. The number of hydrogen-bond donors (Lipinski definition) is 4. The molecule has 1 aromatic heterocycles. The van der Waals surface area contributed by atoms with Gasteiger partial charge in [-0.15, -0.1) is 0 Å². The molecule has 3 amide bonds. The van der Waals surface area contributed by atoms with Crippen LogP contribution in [0.2, 0.25) is 0 Å². The predicted octanol–water partition coefficient (Wildman–Crippen LogP) is 1.14. The van der Waals surface area contributed by atoms with Crippen LogP contribution in [-0.4, -0.2) is 64.3 Å². The average Bonchev–Trinajstić information content (AvgIpc) is 3.19. The highest BCUT2D eigenvalue weighted by molar-refractivity contribution is 6.57. The van der Waals surface area contributed by atoms with Crippen LogP contribution in [0.25, 0.3) is 0 Å². The third-order valence-corrected chi connectivity index (χ3v) is 5.93. The summed E-state index contributed by atoms with van der Waals surface area (Å²) >= 11 is 0. The predicted molar refractivity (Wildman–Crippen MR) is 127 cm³/mol. The SMILES string of the molecule is [B]C(=O)NC(C)(C)C(=O)NC(COCc1ccccc1)C(=O)Nc1cn(C2(C(=O)O)CCC2)cn1. The largest absolute Gasteiger partial charge is 0.479 e. The fraction of sp³-hybridized carbons (Fsp3) is 0.435. The van der Waals surface area contributed by atoms with Gasteiger partial charge in [-0.25, -0.2) is 9.78 Å². The van der Waals surface area contributed by atoms with E-state index in [0.717, 1.165) is 12.0 Å². The number of carbonyl (C=O) groups is 4. The number of nitrogens with one attached hydrogen (secondary N) is 3. The zero-order valence-corrected chi connectivity index (χ0v) is 19.6. The molecule has 4 N–H and O–H groups in total. The number of rotatable bonds is 11. The Labute approximate surface area is 204 Å². The lowest BCUT2D eigenvalue weighted by Crippen LogP contribution is -2.59. The Balaban J connectivity index is 1.70. The molecule has 2 aromatic rings. The highest BCUT2D eigenvalue weighted by atomic mass is 16.5. The molecule has 184 valence electrons. The van der Waals surface area contributed by atoms with Gasteiger partial charge in [-0.1, -0.05) is 30.3 Å². The number of carbonyl (C=O) groups excluding carboxylic acids is 3. The van der Waals surface area contributed by atoms with Crippen molar-refractivity contribution in [3.63, 3.8) is 0 Å². The number of aliphatic carboxylic acids is 1. The molecule has 3 rings (SSSR count). The van der Waals surface area contributed by atoms with Crippen molar-refractivity contribution in [2.75, 3.05) is 11.9 Å². The lowest BCUT2D eigenvalue weighted by Gasteiger charge is -2.38. The Morgan fingerprint density at radius 1 is 1.23 bits per heavy atom. The first-order valence-electron chi connectivity index (χ1n) is 11.1. The third-order valence-electron chi connectivity index (χ3n) is 5.93. The van der Waals surface area contributed by atoms with Crippen LogP contribution < -0.4 is 16.0 Å². The minimum absolute atomic E-state index is 0.138. The van der Waals surface area contributed by atoms with E-state index in [4.69, 9.17) is 12.6 Å². The third kappa shape index (κ3) is 6.27. The van der Waals surface area contributed by atoms with Crippen LogP contribution in [-0.2, 0) is 31.3 Å². The average molecular weight is 481 g/mol. The molecular formula is C23H28BN5O6. The van der Waals surface area contributed by atoms with E-state index in [1.54, 1.807) is 0 Å². The molecule has 0 aliphatic heterocycles. The number of carboxylic acid groups (broad SMARTS) is 1. The Kier molecular flexibility index (Phi) is 7.95. The standard InChI is InChI=1S/C23H28BN5O6/c1-22(2,28-21(24)34)19(31)26-16(13-35-12-15-7-4-3-5-8-15)18(30)27-17-11-29(14-25-17)23(20(32)33)9-6-10-23/h3-5,7-8,11,14,16H,6,9-10,12-13H2,1-2H3,(H,26,31)(H,27,30)(H,28,34)(H,32,33). The first-order chi connectivity index (χ1) is 16.5. The van der Waals surface area contributed by atoms with Gasteiger partial charge >= 0.3 is 5.97 Å². The van der Waals surface area contributed by atoms with Crippen molar-refractivity contribution in [3.05, 3.63) is 48.4 Å². The number of hydrogen-bond acceptors (Lipinski definition) is 6. The van der Waals surface area contributed by atoms with Gasteiger partial charge < -0.3 is 30.4 Å². The van der Waals surface area contributed by atoms with Crippen molar-refractivity contribution in [2.45, 2.75) is 56.8 Å². The zero-order chi connectivity index (χ0) is 25.6. The second-order valence-corrected chi connectivity index (χ2v) is 8.99. The topological polar surface area (TPSA) is 152 Å². The normalized spacial score (nSPS) is 15.4. The van der Waals surface area contributed by atoms with Gasteiger partial charge in [0.25, 0.3) is 5.91 Å². The fourth-order valence-corrected chi connectivity index (χ4v) is 3.68. The lowest BCUT2D eigenvalue weighted by atomic mass is 9.76. The number of carboxylic acids is 1. The van der Waals surface area contributed by atoms with Crippen LogP contribution in [0.15, 0.2) is 42.9 Å². The summed E-state index contributed by atoms with van der Waals surface area (Å²) in [5.74, 6) is -2.98. The second kappa shape index (κ2) is 10.7. The van der Waals surface area contributed by atoms with E-state index in [1.807, 2.05) is 30.3 Å². The van der Waals surface area contributed by atoms with Gasteiger partial charge in [0.05, 0.1) is 19.5 Å². The van der Waals surface area contributed by atoms with E-state index < -0.39 is 40.7 Å². The van der Waals surface area contributed by atoms with Gasteiger partial charge in [-0.05, 0) is 38.7 Å². The summed E-state index contributed by atoms with van der Waals surface area (Å²) in [7, 11) is 5.14. The van der Waals surface area contributed by atoms with Crippen molar-refractivity contribution in [3.8, 4) is 0 Å². The van der Waals surface area contributed by atoms with E-state index in [0.29, 0.717) is 12.8 Å². The minimum Gasteiger partial charge on any atom is -0.479 e. The number of anilines is 1. The smallest absolute Gasteiger partial charge is 0.329 e. The molecule has 35 heavy (non-hydrogen) atoms. The van der Waals surface area contributed by atoms with Gasteiger partial charge in [0, 0.05) is 6.20 Å². The van der Waals surface area contributed by atoms with Crippen LogP contribution in [0.3, 0.4) is 0 Å². The van der Waals surface area contributed by atoms with Crippen molar-refractivity contribution in [1.82, 2.24) is 20.2 Å². The van der Waals surface area contributed by atoms with Gasteiger partial charge in [-0.2, -0.15) is 0 Å². The van der Waals surface area contributed by atoms with E-state index in [9.17, 15) is 24.3 Å². The molecule has 12 heteroatoms. The summed E-state index contributed by atoms with van der Waals surface area (Å²) in [5.41, 5.74) is -1.57. The lowest BCUT2D eigenvalue weighted by molar-refractivity contribution is -0.152. The fourth-order valence-electron chi connectivity index (χ4n) is 3.68. The van der Waals surface area contributed by atoms with E-state index >= 15 is 0 Å². The van der Waals surface area contributed by atoms with Crippen LogP contribution in [0.5, 0.6) is 0 Å². The van der Waals surface area contributed by atoms with Crippen molar-refractivity contribution in [2.24, 2.45) is 0 Å². The van der Waals surface area contributed by atoms with Gasteiger partial charge in [-0.3, -0.25) is 14.4 Å². The Bertz CT molecular complexity index is 1080. The van der Waals surface area contributed by atoms with Crippen molar-refractivity contribution >= 4 is 37.3 Å². The molecule has 1 unspecified atom stereocenters. The van der Waals surface area contributed by atoms with Crippen LogP contribution in [0, 0.1) is 0 Å². The molecule has 0 saturated heterocycles. The summed E-state index contributed by atoms with van der Waals surface area (Å²) in [5, 5.41) is 17.1. The number of ether oxygens (including phenoxy) is 1. The van der Waals surface area contributed by atoms with E-state index in [-0.39, 0.29) is 19.0 Å². The number of aromatic nitrogens is 2. The summed E-state index contributed by atoms with van der Waals surface area (Å²) in [4.78, 5) is 52.9. The van der Waals surface area contributed by atoms with Gasteiger partial charge in [0.15, 0.2) is 11.6 Å². The van der Waals surface area contributed by atoms with Crippen LogP contribution >= 0.6 is 0 Å². The monoisotopic (exact) mass is 481 g/mol. The van der Waals surface area contributed by atoms with Crippen molar-refractivity contribution < 1.29 is 29.0 Å². The van der Waals surface area contributed by atoms with Gasteiger partial charge in [0.1, 0.15) is 17.1 Å². The summed E-state index contributed by atoms with van der Waals surface area (Å²) in [6.07, 6.45) is 4.55. The van der Waals surface area contributed by atoms with Crippen LogP contribution in [0.4, 0.5) is 10.6 Å². The van der Waals surface area contributed by atoms with Gasteiger partial charge in [0.2, 0.25) is 13.8 Å². The highest BCUT2D eigenvalue weighted by Crippen LogP contribution is 2.39. The molecule has 0 bridgehead atoms. The maximum atomic E-state index is 13.0. The Hall–Kier alpha value is -3.67. The highest BCUT2D eigenvalue weighted by Gasteiger charge is 2.46.